The molecule has 2 aromatic rings. The van der Waals surface area contributed by atoms with Crippen LogP contribution in [0.25, 0.3) is 11.4 Å². The van der Waals surface area contributed by atoms with Crippen LogP contribution in [0.4, 0.5) is 4.79 Å². The molecule has 29 heavy (non-hydrogen) atoms. The third-order valence-corrected chi connectivity index (χ3v) is 6.79. The van der Waals surface area contributed by atoms with E-state index in [0.717, 1.165) is 48.1 Å². The maximum absolute atomic E-state index is 12.5. The van der Waals surface area contributed by atoms with E-state index in [1.54, 1.807) is 0 Å². The lowest BCUT2D eigenvalue weighted by molar-refractivity contribution is -0.121. The highest BCUT2D eigenvalue weighted by Gasteiger charge is 2.51. The molecule has 0 saturated heterocycles. The zero-order valence-corrected chi connectivity index (χ0v) is 16.6. The number of amides is 3. The minimum absolute atomic E-state index is 0.122. The lowest BCUT2D eigenvalue weighted by Gasteiger charge is -2.56. The molecule has 0 unspecified atom stereocenters. The number of urea groups is 1. The Morgan fingerprint density at radius 1 is 1.10 bits per heavy atom. The van der Waals surface area contributed by atoms with Gasteiger partial charge in [0.15, 0.2) is 0 Å². The second-order valence-corrected chi connectivity index (χ2v) is 9.16. The van der Waals surface area contributed by atoms with Gasteiger partial charge in [0.25, 0.3) is 5.91 Å². The number of carbonyl (C=O) groups is 2. The van der Waals surface area contributed by atoms with Gasteiger partial charge in [-0.1, -0.05) is 24.3 Å². The van der Waals surface area contributed by atoms with E-state index in [2.05, 4.69) is 26.0 Å². The molecular formula is C21H26N6O2. The summed E-state index contributed by atoms with van der Waals surface area (Å²) < 4.78 is 0. The predicted molar refractivity (Wildman–Crippen MR) is 106 cm³/mol. The van der Waals surface area contributed by atoms with Crippen molar-refractivity contribution in [1.29, 1.82) is 0 Å². The molecule has 1 heterocycles. The summed E-state index contributed by atoms with van der Waals surface area (Å²) in [6, 6.07) is 7.33. The number of carbonyl (C=O) groups excluding carboxylic acids is 2. The summed E-state index contributed by atoms with van der Waals surface area (Å²) in [6.07, 6.45) is 7.06. The number of tetrazole rings is 1. The first-order valence-corrected chi connectivity index (χ1v) is 10.4. The normalized spacial score (nSPS) is 29.6. The zero-order valence-electron chi connectivity index (χ0n) is 16.6. The molecule has 0 spiro atoms. The topological polar surface area (TPSA) is 102 Å². The highest BCUT2D eigenvalue weighted by molar-refractivity contribution is 5.94. The Morgan fingerprint density at radius 2 is 1.76 bits per heavy atom. The first kappa shape index (κ1) is 18.3. The molecule has 4 bridgehead atoms. The van der Waals surface area contributed by atoms with Crippen LogP contribution in [-0.4, -0.2) is 37.7 Å². The molecule has 8 nitrogen and oxygen atoms in total. The van der Waals surface area contributed by atoms with Crippen molar-refractivity contribution in [2.45, 2.75) is 57.5 Å². The van der Waals surface area contributed by atoms with Crippen LogP contribution in [0.15, 0.2) is 24.3 Å². The molecule has 0 atom stereocenters. The predicted octanol–water partition coefficient (Wildman–Crippen LogP) is 2.44. The van der Waals surface area contributed by atoms with Gasteiger partial charge in [-0.2, -0.15) is 4.80 Å². The fraction of sp³-hybridized carbons (Fsp3) is 0.571. The molecule has 8 heteroatoms. The largest absolute Gasteiger partial charge is 0.332 e. The van der Waals surface area contributed by atoms with Crippen LogP contribution < -0.4 is 10.6 Å². The first-order chi connectivity index (χ1) is 14.0. The number of benzene rings is 1. The van der Waals surface area contributed by atoms with E-state index in [9.17, 15) is 9.59 Å². The smallest absolute Gasteiger partial charge is 0.321 e. The minimum Gasteiger partial charge on any atom is -0.332 e. The van der Waals surface area contributed by atoms with Crippen molar-refractivity contribution in [2.75, 3.05) is 0 Å². The SMILES string of the molecule is Cc1ccccc1-c1nnn(CC(=O)NC(=O)NC23CC4CC(CC(C4)C2)C3)n1. The Bertz CT molecular complexity index is 917. The van der Waals surface area contributed by atoms with Gasteiger partial charge in [-0.3, -0.25) is 10.1 Å². The van der Waals surface area contributed by atoms with E-state index in [-0.39, 0.29) is 12.1 Å². The average molecular weight is 394 g/mol. The second-order valence-electron chi connectivity index (χ2n) is 9.16. The van der Waals surface area contributed by atoms with Crippen LogP contribution in [0.5, 0.6) is 0 Å². The van der Waals surface area contributed by atoms with Gasteiger partial charge in [0.1, 0.15) is 6.54 Å². The summed E-state index contributed by atoms with van der Waals surface area (Å²) in [5, 5.41) is 17.8. The van der Waals surface area contributed by atoms with Gasteiger partial charge in [-0.05, 0) is 74.0 Å². The first-order valence-electron chi connectivity index (χ1n) is 10.4. The molecule has 1 aromatic heterocycles. The van der Waals surface area contributed by atoms with E-state index in [4.69, 9.17) is 0 Å². The number of hydrogen-bond acceptors (Lipinski definition) is 5. The monoisotopic (exact) mass is 394 g/mol. The van der Waals surface area contributed by atoms with Gasteiger partial charge >= 0.3 is 6.03 Å². The Hall–Kier alpha value is -2.77. The number of nitrogens with one attached hydrogen (secondary N) is 2. The molecule has 1 aromatic carbocycles. The third kappa shape index (κ3) is 3.63. The van der Waals surface area contributed by atoms with Crippen molar-refractivity contribution in [1.82, 2.24) is 30.8 Å². The van der Waals surface area contributed by atoms with Gasteiger partial charge in [-0.25, -0.2) is 4.79 Å². The Morgan fingerprint density at radius 3 is 2.41 bits per heavy atom. The van der Waals surface area contributed by atoms with Crippen molar-refractivity contribution in [3.63, 3.8) is 0 Å². The van der Waals surface area contributed by atoms with Crippen LogP contribution in [0, 0.1) is 24.7 Å². The molecule has 4 aliphatic rings. The molecule has 3 amide bonds. The maximum atomic E-state index is 12.5. The van der Waals surface area contributed by atoms with E-state index in [0.29, 0.717) is 5.82 Å². The Balaban J connectivity index is 1.18. The van der Waals surface area contributed by atoms with Crippen LogP contribution in [0.3, 0.4) is 0 Å². The number of aryl methyl sites for hydroxylation is 1. The van der Waals surface area contributed by atoms with Crippen LogP contribution >= 0.6 is 0 Å². The molecule has 4 fully saturated rings. The quantitative estimate of drug-likeness (QED) is 0.829. The highest BCUT2D eigenvalue weighted by atomic mass is 16.2. The minimum atomic E-state index is -0.444. The van der Waals surface area contributed by atoms with Gasteiger partial charge in [-0.15, -0.1) is 10.2 Å². The lowest BCUT2D eigenvalue weighted by Crippen LogP contribution is -2.62. The summed E-state index contributed by atoms with van der Waals surface area (Å²) >= 11 is 0. The number of hydrogen-bond donors (Lipinski definition) is 2. The Labute approximate surface area is 169 Å². The summed E-state index contributed by atoms with van der Waals surface area (Å²) in [4.78, 5) is 26.0. The Kier molecular flexibility index (Phi) is 4.37. The zero-order chi connectivity index (χ0) is 20.0. The third-order valence-electron chi connectivity index (χ3n) is 6.79. The summed E-state index contributed by atoms with van der Waals surface area (Å²) in [6.45, 7) is 1.82. The summed E-state index contributed by atoms with van der Waals surface area (Å²) in [5.74, 6) is 2.22. The molecule has 2 N–H and O–H groups in total. The number of imide groups is 1. The standard InChI is InChI=1S/C21H26N6O2/c1-13-4-2-3-5-17(13)19-24-26-27(25-19)12-18(28)22-20(29)23-21-9-14-6-15(10-21)8-16(7-14)11-21/h2-5,14-16H,6-12H2,1H3,(H2,22,23,28,29). The molecule has 0 aliphatic heterocycles. The molecule has 4 aliphatic carbocycles. The fourth-order valence-electron chi connectivity index (χ4n) is 6.07. The van der Waals surface area contributed by atoms with Crippen molar-refractivity contribution >= 4 is 11.9 Å². The van der Waals surface area contributed by atoms with Crippen molar-refractivity contribution in [2.24, 2.45) is 17.8 Å². The lowest BCUT2D eigenvalue weighted by atomic mass is 9.53. The highest BCUT2D eigenvalue weighted by Crippen LogP contribution is 2.55. The van der Waals surface area contributed by atoms with Crippen LogP contribution in [-0.2, 0) is 11.3 Å². The van der Waals surface area contributed by atoms with Crippen LogP contribution in [0.1, 0.15) is 44.1 Å². The fourth-order valence-corrected chi connectivity index (χ4v) is 6.07. The summed E-state index contributed by atoms with van der Waals surface area (Å²) in [5.41, 5.74) is 1.79. The molecule has 0 radical (unpaired) electrons. The van der Waals surface area contributed by atoms with Gasteiger partial charge in [0, 0.05) is 11.1 Å². The van der Waals surface area contributed by atoms with E-state index in [1.807, 2.05) is 31.2 Å². The number of aromatic nitrogens is 4. The average Bonchev–Trinajstić information content (AvgIpc) is 3.08. The van der Waals surface area contributed by atoms with E-state index >= 15 is 0 Å². The second kappa shape index (κ2) is 6.93. The van der Waals surface area contributed by atoms with Crippen LogP contribution in [0.2, 0.25) is 0 Å². The number of rotatable bonds is 4. The molecule has 6 rings (SSSR count). The van der Waals surface area contributed by atoms with Crippen molar-refractivity contribution in [3.05, 3.63) is 29.8 Å². The summed E-state index contributed by atoms with van der Waals surface area (Å²) in [7, 11) is 0. The van der Waals surface area contributed by atoms with E-state index in [1.165, 1.54) is 24.1 Å². The number of nitrogens with zero attached hydrogens (tertiary/aromatic N) is 4. The van der Waals surface area contributed by atoms with E-state index < -0.39 is 11.9 Å². The van der Waals surface area contributed by atoms with Gasteiger partial charge in [0.2, 0.25) is 5.82 Å². The molecular weight excluding hydrogens is 368 g/mol. The van der Waals surface area contributed by atoms with Gasteiger partial charge in [0.05, 0.1) is 0 Å². The maximum Gasteiger partial charge on any atom is 0.321 e. The molecule has 4 saturated carbocycles. The van der Waals surface area contributed by atoms with Crippen molar-refractivity contribution in [3.8, 4) is 11.4 Å². The van der Waals surface area contributed by atoms with Gasteiger partial charge < -0.3 is 5.32 Å². The van der Waals surface area contributed by atoms with Crippen molar-refractivity contribution < 1.29 is 9.59 Å². The molecule has 152 valence electrons.